The quantitative estimate of drug-likeness (QED) is 0.757. The van der Waals surface area contributed by atoms with E-state index in [2.05, 4.69) is 0 Å². The maximum Gasteiger partial charge on any atom is 0.390 e. The van der Waals surface area contributed by atoms with Crippen molar-refractivity contribution in [1.29, 1.82) is 0 Å². The number of nitrogens with one attached hydrogen (secondary N) is 1. The van der Waals surface area contributed by atoms with Crippen molar-refractivity contribution in [2.45, 2.75) is 32.5 Å². The SMILES string of the molecule is CC(C)C(NS(=O)(=O)CCC(F)(F)F)C(=O)O. The zero-order valence-electron chi connectivity index (χ0n) is 9.28. The van der Waals surface area contributed by atoms with Crippen molar-refractivity contribution in [1.82, 2.24) is 4.72 Å². The van der Waals surface area contributed by atoms with E-state index in [1.165, 1.54) is 13.8 Å². The van der Waals surface area contributed by atoms with Crippen LogP contribution in [0.2, 0.25) is 0 Å². The minimum Gasteiger partial charge on any atom is -0.480 e. The molecule has 0 fully saturated rings. The molecule has 0 saturated heterocycles. The number of carbonyl (C=O) groups is 1. The predicted octanol–water partition coefficient (Wildman–Crippen LogP) is 0.967. The topological polar surface area (TPSA) is 83.5 Å². The highest BCUT2D eigenvalue weighted by atomic mass is 32.2. The highest BCUT2D eigenvalue weighted by Gasteiger charge is 2.32. The Balaban J connectivity index is 4.58. The number of hydrogen-bond donors (Lipinski definition) is 2. The second-order valence-electron chi connectivity index (χ2n) is 3.86. The maximum atomic E-state index is 11.8. The van der Waals surface area contributed by atoms with Crippen LogP contribution in [0.1, 0.15) is 20.3 Å². The number of halogens is 3. The van der Waals surface area contributed by atoms with Crippen LogP contribution in [0.5, 0.6) is 0 Å². The van der Waals surface area contributed by atoms with Crippen molar-refractivity contribution in [3.05, 3.63) is 0 Å². The molecule has 0 radical (unpaired) electrons. The predicted molar refractivity (Wildman–Crippen MR) is 53.9 cm³/mol. The second-order valence-corrected chi connectivity index (χ2v) is 5.74. The Bertz CT molecular complexity index is 363. The van der Waals surface area contributed by atoms with Crippen LogP contribution in [0.3, 0.4) is 0 Å². The van der Waals surface area contributed by atoms with Crippen LogP contribution < -0.4 is 4.72 Å². The molecule has 17 heavy (non-hydrogen) atoms. The Labute approximate surface area is 97.1 Å². The molecule has 0 aromatic heterocycles. The number of rotatable bonds is 6. The summed E-state index contributed by atoms with van der Waals surface area (Å²) in [4.78, 5) is 10.7. The number of hydrogen-bond acceptors (Lipinski definition) is 3. The fraction of sp³-hybridized carbons (Fsp3) is 0.875. The van der Waals surface area contributed by atoms with Gasteiger partial charge >= 0.3 is 12.1 Å². The molecule has 0 aliphatic rings. The van der Waals surface area contributed by atoms with Crippen molar-refractivity contribution in [3.63, 3.8) is 0 Å². The summed E-state index contributed by atoms with van der Waals surface area (Å²) in [7, 11) is -4.25. The van der Waals surface area contributed by atoms with Gasteiger partial charge < -0.3 is 5.11 Å². The molecule has 2 N–H and O–H groups in total. The summed E-state index contributed by atoms with van der Waals surface area (Å²) in [6.07, 6.45) is -6.10. The van der Waals surface area contributed by atoms with Crippen molar-refractivity contribution >= 4 is 16.0 Å². The first kappa shape index (κ1) is 16.2. The van der Waals surface area contributed by atoms with E-state index in [-0.39, 0.29) is 0 Å². The van der Waals surface area contributed by atoms with Gasteiger partial charge in [0.05, 0.1) is 12.2 Å². The Kier molecular flexibility index (Phi) is 5.40. The van der Waals surface area contributed by atoms with Crippen LogP contribution >= 0.6 is 0 Å². The van der Waals surface area contributed by atoms with Crippen LogP contribution in [0, 0.1) is 5.92 Å². The molecular formula is C8H14F3NO4S. The maximum absolute atomic E-state index is 11.8. The summed E-state index contributed by atoms with van der Waals surface area (Å²) in [5.41, 5.74) is 0. The van der Waals surface area contributed by atoms with Crippen molar-refractivity contribution in [2.75, 3.05) is 5.75 Å². The smallest absolute Gasteiger partial charge is 0.390 e. The van der Waals surface area contributed by atoms with Gasteiger partial charge in [0.1, 0.15) is 6.04 Å². The lowest BCUT2D eigenvalue weighted by Crippen LogP contribution is -2.45. The average molecular weight is 277 g/mol. The molecule has 1 unspecified atom stereocenters. The minimum absolute atomic E-state index is 0.562. The first-order chi connectivity index (χ1) is 7.44. The van der Waals surface area contributed by atoms with Gasteiger partial charge in [0, 0.05) is 0 Å². The van der Waals surface area contributed by atoms with Crippen molar-refractivity contribution < 1.29 is 31.5 Å². The third kappa shape index (κ3) is 7.16. The normalized spacial score (nSPS) is 14.9. The Morgan fingerprint density at radius 3 is 2.12 bits per heavy atom. The van der Waals surface area contributed by atoms with E-state index in [0.29, 0.717) is 0 Å². The molecule has 0 bridgehead atoms. The standard InChI is InChI=1S/C8H14F3NO4S/c1-5(2)6(7(13)14)12-17(15,16)4-3-8(9,10)11/h5-6,12H,3-4H2,1-2H3,(H,13,14). The molecule has 0 rings (SSSR count). The molecule has 0 aromatic rings. The monoisotopic (exact) mass is 277 g/mol. The molecule has 0 amide bonds. The van der Waals surface area contributed by atoms with E-state index in [1.54, 1.807) is 4.72 Å². The summed E-state index contributed by atoms with van der Waals surface area (Å²) in [5.74, 6) is -3.16. The lowest BCUT2D eigenvalue weighted by atomic mass is 10.1. The van der Waals surface area contributed by atoms with Crippen LogP contribution in [0.25, 0.3) is 0 Å². The van der Waals surface area contributed by atoms with Crippen molar-refractivity contribution in [3.8, 4) is 0 Å². The van der Waals surface area contributed by atoms with Crippen molar-refractivity contribution in [2.24, 2.45) is 5.92 Å². The largest absolute Gasteiger partial charge is 0.480 e. The second kappa shape index (κ2) is 5.67. The van der Waals surface area contributed by atoms with E-state index < -0.39 is 46.3 Å². The molecular weight excluding hydrogens is 263 g/mol. The summed E-state index contributed by atoms with van der Waals surface area (Å²) in [5, 5.41) is 8.69. The lowest BCUT2D eigenvalue weighted by Gasteiger charge is -2.18. The van der Waals surface area contributed by atoms with Gasteiger partial charge in [0.15, 0.2) is 0 Å². The van der Waals surface area contributed by atoms with Crippen LogP contribution in [-0.2, 0) is 14.8 Å². The van der Waals surface area contributed by atoms with E-state index in [9.17, 15) is 26.4 Å². The number of sulfonamides is 1. The van der Waals surface area contributed by atoms with Gasteiger partial charge in [-0.25, -0.2) is 13.1 Å². The van der Waals surface area contributed by atoms with E-state index >= 15 is 0 Å². The summed E-state index contributed by atoms with van der Waals surface area (Å²) in [6, 6.07) is -1.42. The summed E-state index contributed by atoms with van der Waals surface area (Å²) < 4.78 is 59.7. The molecule has 0 aliphatic heterocycles. The highest BCUT2D eigenvalue weighted by Crippen LogP contribution is 2.20. The van der Waals surface area contributed by atoms with Gasteiger partial charge in [0.2, 0.25) is 10.0 Å². The number of carboxylic acid groups (broad SMARTS) is 1. The molecule has 1 atom stereocenters. The third-order valence-corrected chi connectivity index (χ3v) is 3.25. The van der Waals surface area contributed by atoms with Gasteiger partial charge in [-0.1, -0.05) is 13.8 Å². The third-order valence-electron chi connectivity index (χ3n) is 1.89. The summed E-state index contributed by atoms with van der Waals surface area (Å²) >= 11 is 0. The first-order valence-electron chi connectivity index (χ1n) is 4.74. The van der Waals surface area contributed by atoms with E-state index in [0.717, 1.165) is 0 Å². The van der Waals surface area contributed by atoms with Gasteiger partial charge in [-0.05, 0) is 5.92 Å². The average Bonchev–Trinajstić information content (AvgIpc) is 2.09. The molecule has 102 valence electrons. The van der Waals surface area contributed by atoms with Gasteiger partial charge in [0.25, 0.3) is 0 Å². The van der Waals surface area contributed by atoms with Gasteiger partial charge in [-0.15, -0.1) is 0 Å². The van der Waals surface area contributed by atoms with Crippen LogP contribution in [0.15, 0.2) is 0 Å². The molecule has 0 heterocycles. The van der Waals surface area contributed by atoms with E-state index in [1.807, 2.05) is 0 Å². The molecule has 9 heteroatoms. The molecule has 0 spiro atoms. The Morgan fingerprint density at radius 1 is 1.35 bits per heavy atom. The molecule has 0 aliphatic carbocycles. The Hall–Kier alpha value is -0.830. The van der Waals surface area contributed by atoms with Gasteiger partial charge in [-0.2, -0.15) is 13.2 Å². The first-order valence-corrected chi connectivity index (χ1v) is 6.39. The number of carboxylic acids is 1. The minimum atomic E-state index is -4.59. The Morgan fingerprint density at radius 2 is 1.82 bits per heavy atom. The molecule has 0 saturated carbocycles. The number of alkyl halides is 3. The fourth-order valence-corrected chi connectivity index (χ4v) is 2.35. The summed E-state index contributed by atoms with van der Waals surface area (Å²) in [6.45, 7) is 2.90. The highest BCUT2D eigenvalue weighted by molar-refractivity contribution is 7.89. The zero-order chi connectivity index (χ0) is 13.9. The molecule has 5 nitrogen and oxygen atoms in total. The lowest BCUT2D eigenvalue weighted by molar-refractivity contribution is -0.140. The fourth-order valence-electron chi connectivity index (χ4n) is 0.974. The van der Waals surface area contributed by atoms with Crippen LogP contribution in [-0.4, -0.2) is 37.5 Å². The van der Waals surface area contributed by atoms with Crippen LogP contribution in [0.4, 0.5) is 13.2 Å². The number of aliphatic carboxylic acids is 1. The van der Waals surface area contributed by atoms with E-state index in [4.69, 9.17) is 5.11 Å². The zero-order valence-corrected chi connectivity index (χ0v) is 10.1. The molecule has 0 aromatic carbocycles. The van der Waals surface area contributed by atoms with Gasteiger partial charge in [-0.3, -0.25) is 4.79 Å².